The fraction of sp³-hybridized carbons (Fsp3) is 0. The summed E-state index contributed by atoms with van der Waals surface area (Å²) in [4.78, 5) is 9.04. The smallest absolute Gasteiger partial charge is 0.309 e. The Hall–Kier alpha value is -1.72. The van der Waals surface area contributed by atoms with Gasteiger partial charge in [0, 0.05) is 17.8 Å². The van der Waals surface area contributed by atoms with E-state index in [2.05, 4.69) is 0 Å². The summed E-state index contributed by atoms with van der Waals surface area (Å²) in [5.74, 6) is -2.81. The molecule has 1 rings (SSSR count). The molecule has 64 valence electrons. The Labute approximate surface area is 65.8 Å². The third kappa shape index (κ3) is 1.31. The first-order valence-corrected chi connectivity index (χ1v) is 2.91. The highest BCUT2D eigenvalue weighted by molar-refractivity contribution is 5.48. The Morgan fingerprint density at radius 2 is 2.00 bits per heavy atom. The maximum Gasteiger partial charge on any atom is 0.309 e. The van der Waals surface area contributed by atoms with Crippen molar-refractivity contribution in [2.75, 3.05) is 5.73 Å². The van der Waals surface area contributed by atoms with Crippen LogP contribution in [-0.4, -0.2) is 4.92 Å². The molecular formula is C6H4F2N2O2. The molecule has 0 saturated carbocycles. The topological polar surface area (TPSA) is 69.2 Å². The van der Waals surface area contributed by atoms with Crippen molar-refractivity contribution >= 4 is 11.4 Å². The Kier molecular flexibility index (Phi) is 1.90. The van der Waals surface area contributed by atoms with E-state index in [9.17, 15) is 18.9 Å². The molecule has 0 fully saturated rings. The molecule has 4 nitrogen and oxygen atoms in total. The second-order valence-electron chi connectivity index (χ2n) is 2.09. The van der Waals surface area contributed by atoms with Gasteiger partial charge >= 0.3 is 5.69 Å². The minimum atomic E-state index is -1.49. The first-order valence-electron chi connectivity index (χ1n) is 2.91. The fourth-order valence-corrected chi connectivity index (χ4v) is 0.728. The molecule has 0 radical (unpaired) electrons. The fourth-order valence-electron chi connectivity index (χ4n) is 0.728. The largest absolute Gasteiger partial charge is 0.398 e. The molecule has 0 aromatic heterocycles. The molecule has 0 aliphatic carbocycles. The van der Waals surface area contributed by atoms with Crippen molar-refractivity contribution < 1.29 is 13.7 Å². The van der Waals surface area contributed by atoms with Crippen LogP contribution in [0.5, 0.6) is 0 Å². The number of rotatable bonds is 1. The van der Waals surface area contributed by atoms with Crippen molar-refractivity contribution in [1.82, 2.24) is 0 Å². The molecule has 0 amide bonds. The highest BCUT2D eigenvalue weighted by atomic mass is 19.2. The number of hydrogen-bond donors (Lipinski definition) is 1. The van der Waals surface area contributed by atoms with Crippen LogP contribution in [0, 0.1) is 21.7 Å². The van der Waals surface area contributed by atoms with Gasteiger partial charge in [0.25, 0.3) is 0 Å². The molecule has 1 aromatic carbocycles. The number of benzene rings is 1. The highest BCUT2D eigenvalue weighted by Gasteiger charge is 2.18. The lowest BCUT2D eigenvalue weighted by Gasteiger charge is -1.96. The SMILES string of the molecule is Nc1cc(F)c(F)c([N+](=O)[O-])c1. The quantitative estimate of drug-likeness (QED) is 0.398. The lowest BCUT2D eigenvalue weighted by molar-refractivity contribution is -0.387. The first kappa shape index (κ1) is 8.38. The van der Waals surface area contributed by atoms with E-state index in [0.29, 0.717) is 6.07 Å². The molecule has 6 heteroatoms. The molecule has 0 saturated heterocycles. The summed E-state index contributed by atoms with van der Waals surface area (Å²) in [5.41, 5.74) is 3.92. The van der Waals surface area contributed by atoms with Gasteiger partial charge in [-0.15, -0.1) is 0 Å². The molecule has 0 unspecified atom stereocenters. The van der Waals surface area contributed by atoms with Crippen molar-refractivity contribution in [1.29, 1.82) is 0 Å². The van der Waals surface area contributed by atoms with Gasteiger partial charge in [0.1, 0.15) is 0 Å². The van der Waals surface area contributed by atoms with E-state index in [0.717, 1.165) is 6.07 Å². The molecule has 0 bridgehead atoms. The number of nitro benzene ring substituents is 1. The summed E-state index contributed by atoms with van der Waals surface area (Å²) in [6, 6.07) is 1.45. The summed E-state index contributed by atoms with van der Waals surface area (Å²) in [5, 5.41) is 10.1. The van der Waals surface area contributed by atoms with Gasteiger partial charge in [0.15, 0.2) is 5.82 Å². The van der Waals surface area contributed by atoms with Crippen LogP contribution >= 0.6 is 0 Å². The second-order valence-corrected chi connectivity index (χ2v) is 2.09. The number of nitrogens with two attached hydrogens (primary N) is 1. The zero-order valence-electron chi connectivity index (χ0n) is 5.75. The normalized spacial score (nSPS) is 9.83. The maximum atomic E-state index is 12.6. The van der Waals surface area contributed by atoms with E-state index in [1.807, 2.05) is 0 Å². The third-order valence-corrected chi connectivity index (χ3v) is 1.23. The van der Waals surface area contributed by atoms with Gasteiger partial charge in [-0.05, 0) is 0 Å². The number of nitrogens with zero attached hydrogens (tertiary/aromatic N) is 1. The van der Waals surface area contributed by atoms with E-state index in [4.69, 9.17) is 5.73 Å². The Bertz CT molecular complexity index is 341. The Morgan fingerprint density at radius 1 is 1.42 bits per heavy atom. The average Bonchev–Trinajstić information content (AvgIpc) is 1.96. The van der Waals surface area contributed by atoms with E-state index >= 15 is 0 Å². The van der Waals surface area contributed by atoms with Crippen LogP contribution in [-0.2, 0) is 0 Å². The van der Waals surface area contributed by atoms with Gasteiger partial charge in [-0.1, -0.05) is 0 Å². The van der Waals surface area contributed by atoms with Gasteiger partial charge in [-0.3, -0.25) is 10.1 Å². The molecule has 1 aromatic rings. The Balaban J connectivity index is 3.37. The lowest BCUT2D eigenvalue weighted by atomic mass is 10.2. The van der Waals surface area contributed by atoms with E-state index in [1.165, 1.54) is 0 Å². The molecule has 0 aliphatic rings. The zero-order chi connectivity index (χ0) is 9.30. The van der Waals surface area contributed by atoms with Crippen molar-refractivity contribution in [3.8, 4) is 0 Å². The van der Waals surface area contributed by atoms with Crippen LogP contribution in [0.25, 0.3) is 0 Å². The molecular weight excluding hydrogens is 170 g/mol. The molecule has 0 heterocycles. The summed E-state index contributed by atoms with van der Waals surface area (Å²) >= 11 is 0. The molecule has 0 aliphatic heterocycles. The third-order valence-electron chi connectivity index (χ3n) is 1.23. The number of halogens is 2. The molecule has 2 N–H and O–H groups in total. The number of hydrogen-bond acceptors (Lipinski definition) is 3. The monoisotopic (exact) mass is 174 g/mol. The highest BCUT2D eigenvalue weighted by Crippen LogP contribution is 2.22. The van der Waals surface area contributed by atoms with Crippen LogP contribution in [0.3, 0.4) is 0 Å². The standard InChI is InChI=1S/C6H4F2N2O2/c7-4-1-3(9)2-5(6(4)8)10(11)12/h1-2H,9H2. The minimum absolute atomic E-state index is 0.180. The average molecular weight is 174 g/mol. The zero-order valence-corrected chi connectivity index (χ0v) is 5.75. The van der Waals surface area contributed by atoms with Gasteiger partial charge in [-0.25, -0.2) is 4.39 Å². The van der Waals surface area contributed by atoms with Crippen LogP contribution in [0.1, 0.15) is 0 Å². The van der Waals surface area contributed by atoms with Gasteiger partial charge < -0.3 is 5.73 Å². The molecule has 0 atom stereocenters. The first-order chi connectivity index (χ1) is 5.52. The predicted octanol–water partition coefficient (Wildman–Crippen LogP) is 1.46. The summed E-state index contributed by atoms with van der Waals surface area (Å²) in [6.45, 7) is 0. The van der Waals surface area contributed by atoms with Crippen LogP contribution in [0.4, 0.5) is 20.2 Å². The van der Waals surface area contributed by atoms with Crippen LogP contribution in [0.2, 0.25) is 0 Å². The van der Waals surface area contributed by atoms with Crippen molar-refractivity contribution in [2.24, 2.45) is 0 Å². The summed E-state index contributed by atoms with van der Waals surface area (Å²) < 4.78 is 25.0. The van der Waals surface area contributed by atoms with E-state index in [1.54, 1.807) is 0 Å². The van der Waals surface area contributed by atoms with Crippen LogP contribution in [0.15, 0.2) is 12.1 Å². The van der Waals surface area contributed by atoms with E-state index < -0.39 is 22.2 Å². The lowest BCUT2D eigenvalue weighted by Crippen LogP contribution is -1.98. The minimum Gasteiger partial charge on any atom is -0.398 e. The molecule has 0 spiro atoms. The summed E-state index contributed by atoms with van der Waals surface area (Å²) in [7, 11) is 0. The van der Waals surface area contributed by atoms with Crippen molar-refractivity contribution in [2.45, 2.75) is 0 Å². The summed E-state index contributed by atoms with van der Waals surface area (Å²) in [6.07, 6.45) is 0. The van der Waals surface area contributed by atoms with Gasteiger partial charge in [-0.2, -0.15) is 4.39 Å². The van der Waals surface area contributed by atoms with Crippen molar-refractivity contribution in [3.63, 3.8) is 0 Å². The Morgan fingerprint density at radius 3 is 2.50 bits per heavy atom. The second kappa shape index (κ2) is 2.72. The van der Waals surface area contributed by atoms with Crippen LogP contribution < -0.4 is 5.73 Å². The van der Waals surface area contributed by atoms with Gasteiger partial charge in [0.2, 0.25) is 5.82 Å². The predicted molar refractivity (Wildman–Crippen MR) is 37.4 cm³/mol. The van der Waals surface area contributed by atoms with E-state index in [-0.39, 0.29) is 5.69 Å². The number of nitrogen functional groups attached to an aromatic ring is 1. The number of nitro groups is 1. The van der Waals surface area contributed by atoms with Gasteiger partial charge in [0.05, 0.1) is 4.92 Å². The molecule has 12 heavy (non-hydrogen) atoms. The number of anilines is 1. The maximum absolute atomic E-state index is 12.6. The van der Waals surface area contributed by atoms with Crippen molar-refractivity contribution in [3.05, 3.63) is 33.9 Å².